The van der Waals surface area contributed by atoms with Gasteiger partial charge < -0.3 is 4.52 Å². The Morgan fingerprint density at radius 3 is 2.79 bits per heavy atom. The van der Waals surface area contributed by atoms with Gasteiger partial charge in [0.1, 0.15) is 5.02 Å². The standard InChI is InChI=1S/C10H11BClN3O3S/c1-6-8(12)10(14-18-6)15-19(16,17)7-4-3-5-13-9(7)11-2/h3-5,11H,1-2H3,(H,14,15). The molecule has 0 bridgehead atoms. The number of nitrogens with one attached hydrogen (secondary N) is 1. The average Bonchev–Trinajstić information content (AvgIpc) is 2.70. The molecule has 19 heavy (non-hydrogen) atoms. The molecule has 0 saturated carbocycles. The number of hydrogen-bond donors (Lipinski definition) is 1. The summed E-state index contributed by atoms with van der Waals surface area (Å²) in [6.07, 6.45) is 1.55. The van der Waals surface area contributed by atoms with Crippen LogP contribution in [0.1, 0.15) is 5.76 Å². The quantitative estimate of drug-likeness (QED) is 0.849. The third-order valence-electron chi connectivity index (χ3n) is 2.49. The summed E-state index contributed by atoms with van der Waals surface area (Å²) in [5.74, 6) is 0.325. The minimum Gasteiger partial charge on any atom is -0.358 e. The minimum atomic E-state index is -3.78. The summed E-state index contributed by atoms with van der Waals surface area (Å²) < 4.78 is 31.6. The third-order valence-corrected chi connectivity index (χ3v) is 4.35. The fraction of sp³-hybridized carbons (Fsp3) is 0.200. The second-order valence-corrected chi connectivity index (χ2v) is 5.84. The van der Waals surface area contributed by atoms with Crippen LogP contribution in [-0.2, 0) is 10.0 Å². The number of hydrogen-bond acceptors (Lipinski definition) is 5. The van der Waals surface area contributed by atoms with E-state index in [0.717, 1.165) is 0 Å². The van der Waals surface area contributed by atoms with Crippen molar-refractivity contribution in [3.05, 3.63) is 29.1 Å². The van der Waals surface area contributed by atoms with Gasteiger partial charge >= 0.3 is 0 Å². The van der Waals surface area contributed by atoms with E-state index in [-0.39, 0.29) is 15.7 Å². The van der Waals surface area contributed by atoms with Crippen LogP contribution in [-0.4, -0.2) is 25.8 Å². The summed E-state index contributed by atoms with van der Waals surface area (Å²) in [7, 11) is -3.28. The van der Waals surface area contributed by atoms with E-state index in [2.05, 4.69) is 14.9 Å². The highest BCUT2D eigenvalue weighted by molar-refractivity contribution is 7.93. The van der Waals surface area contributed by atoms with Gasteiger partial charge in [0.2, 0.25) is 5.82 Å². The third kappa shape index (κ3) is 2.74. The van der Waals surface area contributed by atoms with E-state index in [0.29, 0.717) is 18.6 Å². The molecular formula is C10H11BClN3O3S. The number of aromatic nitrogens is 2. The van der Waals surface area contributed by atoms with Gasteiger partial charge in [-0.15, -0.1) is 0 Å². The number of rotatable bonds is 4. The molecule has 0 radical (unpaired) electrons. The van der Waals surface area contributed by atoms with Crippen molar-refractivity contribution in [3.63, 3.8) is 0 Å². The van der Waals surface area contributed by atoms with E-state index in [9.17, 15) is 8.42 Å². The van der Waals surface area contributed by atoms with Crippen LogP contribution in [0.3, 0.4) is 0 Å². The van der Waals surface area contributed by atoms with Gasteiger partial charge in [-0.3, -0.25) is 9.71 Å². The number of aryl methyl sites for hydroxylation is 1. The Bertz CT molecular complexity index is 702. The Hall–Kier alpha value is -1.54. The fourth-order valence-electron chi connectivity index (χ4n) is 1.54. The summed E-state index contributed by atoms with van der Waals surface area (Å²) in [6.45, 7) is 3.42. The molecule has 0 saturated heterocycles. The first-order valence-corrected chi connectivity index (χ1v) is 7.40. The highest BCUT2D eigenvalue weighted by Crippen LogP contribution is 2.26. The van der Waals surface area contributed by atoms with E-state index < -0.39 is 10.0 Å². The second kappa shape index (κ2) is 5.22. The molecule has 0 amide bonds. The maximum Gasteiger partial charge on any atom is 0.264 e. The van der Waals surface area contributed by atoms with Crippen molar-refractivity contribution >= 4 is 40.3 Å². The maximum atomic E-state index is 12.3. The molecule has 0 unspecified atom stereocenters. The molecule has 100 valence electrons. The smallest absolute Gasteiger partial charge is 0.264 e. The Balaban J connectivity index is 2.41. The van der Waals surface area contributed by atoms with Crippen molar-refractivity contribution in [3.8, 4) is 0 Å². The zero-order chi connectivity index (χ0) is 14.0. The van der Waals surface area contributed by atoms with Gasteiger partial charge in [-0.05, 0) is 19.1 Å². The van der Waals surface area contributed by atoms with Crippen LogP contribution < -0.4 is 10.3 Å². The molecule has 1 N–H and O–H groups in total. The monoisotopic (exact) mass is 299 g/mol. The van der Waals surface area contributed by atoms with Crippen LogP contribution in [0.15, 0.2) is 27.7 Å². The second-order valence-electron chi connectivity index (χ2n) is 3.81. The highest BCUT2D eigenvalue weighted by atomic mass is 35.5. The Kier molecular flexibility index (Phi) is 3.82. The molecule has 0 atom stereocenters. The molecule has 0 fully saturated rings. The Morgan fingerprint density at radius 2 is 2.21 bits per heavy atom. The van der Waals surface area contributed by atoms with Gasteiger partial charge in [0.15, 0.2) is 13.0 Å². The zero-order valence-corrected chi connectivity index (χ0v) is 11.9. The van der Waals surface area contributed by atoms with E-state index in [4.69, 9.17) is 16.1 Å². The zero-order valence-electron chi connectivity index (χ0n) is 10.3. The number of anilines is 1. The van der Waals surface area contributed by atoms with Crippen molar-refractivity contribution in [1.82, 2.24) is 10.1 Å². The van der Waals surface area contributed by atoms with Crippen molar-refractivity contribution in [2.75, 3.05) is 4.72 Å². The van der Waals surface area contributed by atoms with Crippen LogP contribution >= 0.6 is 11.6 Å². The lowest BCUT2D eigenvalue weighted by Gasteiger charge is -2.08. The lowest BCUT2D eigenvalue weighted by Crippen LogP contribution is -2.27. The summed E-state index contributed by atoms with van der Waals surface area (Å²) in [6, 6.07) is 3.04. The molecular weight excluding hydrogens is 288 g/mol. The fourth-order valence-corrected chi connectivity index (χ4v) is 2.98. The first kappa shape index (κ1) is 13.9. The van der Waals surface area contributed by atoms with Gasteiger partial charge in [-0.2, -0.15) is 0 Å². The Labute approximate surface area is 116 Å². The largest absolute Gasteiger partial charge is 0.358 e. The average molecular weight is 300 g/mol. The molecule has 6 nitrogen and oxygen atoms in total. The van der Waals surface area contributed by atoms with Gasteiger partial charge in [0.05, 0.1) is 4.90 Å². The number of sulfonamides is 1. The predicted molar refractivity (Wildman–Crippen MR) is 73.9 cm³/mol. The van der Waals surface area contributed by atoms with E-state index >= 15 is 0 Å². The van der Waals surface area contributed by atoms with Crippen LogP contribution in [0.2, 0.25) is 11.8 Å². The first-order chi connectivity index (χ1) is 8.95. The first-order valence-electron chi connectivity index (χ1n) is 5.54. The molecule has 0 aliphatic heterocycles. The molecule has 2 aromatic rings. The Morgan fingerprint density at radius 1 is 1.47 bits per heavy atom. The normalized spacial score (nSPS) is 11.3. The molecule has 0 spiro atoms. The summed E-state index contributed by atoms with van der Waals surface area (Å²) in [4.78, 5) is 4.14. The molecule has 0 aliphatic rings. The summed E-state index contributed by atoms with van der Waals surface area (Å²) in [5, 5.41) is 3.71. The summed E-state index contributed by atoms with van der Waals surface area (Å²) in [5.41, 5.74) is 0.478. The minimum absolute atomic E-state index is 0.0231. The molecule has 0 aromatic carbocycles. The lowest BCUT2D eigenvalue weighted by molar-refractivity contribution is 0.400. The highest BCUT2D eigenvalue weighted by Gasteiger charge is 2.22. The van der Waals surface area contributed by atoms with Crippen molar-refractivity contribution in [2.45, 2.75) is 18.6 Å². The molecule has 9 heteroatoms. The SMILES string of the molecule is CBc1ncccc1S(=O)(=O)Nc1noc(C)c1Cl. The molecule has 2 heterocycles. The van der Waals surface area contributed by atoms with Crippen molar-refractivity contribution in [2.24, 2.45) is 0 Å². The maximum absolute atomic E-state index is 12.3. The predicted octanol–water partition coefficient (Wildman–Crippen LogP) is 0.942. The van der Waals surface area contributed by atoms with Gasteiger partial charge in [0, 0.05) is 11.8 Å². The van der Waals surface area contributed by atoms with E-state index in [1.807, 2.05) is 6.82 Å². The van der Waals surface area contributed by atoms with Crippen LogP contribution in [0.4, 0.5) is 5.82 Å². The number of pyridine rings is 1. The topological polar surface area (TPSA) is 85.1 Å². The lowest BCUT2D eigenvalue weighted by atomic mass is 9.77. The van der Waals surface area contributed by atoms with Gasteiger partial charge in [-0.1, -0.05) is 23.6 Å². The van der Waals surface area contributed by atoms with Crippen molar-refractivity contribution < 1.29 is 12.9 Å². The van der Waals surface area contributed by atoms with Crippen molar-refractivity contribution in [1.29, 1.82) is 0 Å². The van der Waals surface area contributed by atoms with Crippen LogP contribution in [0.5, 0.6) is 0 Å². The molecule has 0 aliphatic carbocycles. The van der Waals surface area contributed by atoms with Gasteiger partial charge in [-0.25, -0.2) is 8.42 Å². The molecule has 2 aromatic heterocycles. The van der Waals surface area contributed by atoms with E-state index in [1.165, 1.54) is 6.07 Å². The van der Waals surface area contributed by atoms with Crippen LogP contribution in [0.25, 0.3) is 0 Å². The molecule has 2 rings (SSSR count). The number of nitrogens with zero attached hydrogens (tertiary/aromatic N) is 2. The number of halogens is 1. The van der Waals surface area contributed by atoms with Gasteiger partial charge in [0.25, 0.3) is 10.0 Å². The van der Waals surface area contributed by atoms with E-state index in [1.54, 1.807) is 19.2 Å². The summed E-state index contributed by atoms with van der Waals surface area (Å²) >= 11 is 5.88. The van der Waals surface area contributed by atoms with Crippen LogP contribution in [0, 0.1) is 6.92 Å².